The molecule has 3 nitrogen and oxygen atoms in total. The Morgan fingerprint density at radius 3 is 2.67 bits per heavy atom. The van der Waals surface area contributed by atoms with E-state index in [-0.39, 0.29) is 0 Å². The summed E-state index contributed by atoms with van der Waals surface area (Å²) in [5.41, 5.74) is 0.782. The fourth-order valence-electron chi connectivity index (χ4n) is 1.70. The zero-order chi connectivity index (χ0) is 11.0. The van der Waals surface area contributed by atoms with Crippen molar-refractivity contribution in [1.29, 1.82) is 0 Å². The van der Waals surface area contributed by atoms with E-state index in [1.807, 2.05) is 5.38 Å². The van der Waals surface area contributed by atoms with E-state index in [1.54, 1.807) is 18.3 Å². The van der Waals surface area contributed by atoms with Gasteiger partial charge in [-0.15, -0.1) is 11.3 Å². The van der Waals surface area contributed by atoms with Crippen molar-refractivity contribution in [3.8, 4) is 0 Å². The summed E-state index contributed by atoms with van der Waals surface area (Å²) in [6.45, 7) is 4.00. The molecule has 0 radical (unpaired) electrons. The molecule has 2 rings (SSSR count). The molecule has 1 N–H and O–H groups in total. The van der Waals surface area contributed by atoms with E-state index in [0.29, 0.717) is 6.04 Å². The average Bonchev–Trinajstić information content (AvgIpc) is 2.93. The van der Waals surface area contributed by atoms with Gasteiger partial charge in [-0.3, -0.25) is 0 Å². The van der Waals surface area contributed by atoms with Crippen LogP contribution in [0, 0.1) is 5.92 Å². The van der Waals surface area contributed by atoms with Gasteiger partial charge in [0.1, 0.15) is 0 Å². The molecule has 4 heteroatoms. The van der Waals surface area contributed by atoms with Crippen LogP contribution in [0.1, 0.15) is 38.5 Å². The highest BCUT2D eigenvalue weighted by atomic mass is 32.1. The normalized spacial score (nSPS) is 20.0. The van der Waals surface area contributed by atoms with Gasteiger partial charge in [0.05, 0.1) is 11.8 Å². The van der Waals surface area contributed by atoms with Gasteiger partial charge in [-0.25, -0.2) is 4.98 Å². The van der Waals surface area contributed by atoms with Crippen LogP contribution in [0.2, 0.25) is 0 Å². The molecule has 0 saturated heterocycles. The van der Waals surface area contributed by atoms with Gasteiger partial charge in [0.25, 0.3) is 0 Å². The SMILES string of the molecule is CC(O)c1csc(N(C)C(C)C2CC2)n1. The molecular weight excluding hydrogens is 208 g/mol. The second kappa shape index (κ2) is 4.10. The zero-order valence-corrected chi connectivity index (χ0v) is 10.3. The molecule has 0 aromatic carbocycles. The second-order valence-electron chi connectivity index (χ2n) is 4.42. The van der Waals surface area contributed by atoms with Gasteiger partial charge < -0.3 is 10.0 Å². The Bertz CT molecular complexity index is 333. The van der Waals surface area contributed by atoms with Gasteiger partial charge >= 0.3 is 0 Å². The minimum Gasteiger partial charge on any atom is -0.387 e. The standard InChI is InChI=1S/C11H18N2OS/c1-7(9-4-5-9)13(3)11-12-10(6-15-11)8(2)14/h6-9,14H,4-5H2,1-3H3. The smallest absolute Gasteiger partial charge is 0.185 e. The van der Waals surface area contributed by atoms with Crippen molar-refractivity contribution < 1.29 is 5.11 Å². The minimum atomic E-state index is -0.459. The van der Waals surface area contributed by atoms with Crippen molar-refractivity contribution in [3.63, 3.8) is 0 Å². The third kappa shape index (κ3) is 2.32. The molecule has 2 unspecified atom stereocenters. The lowest BCUT2D eigenvalue weighted by Gasteiger charge is -2.23. The van der Waals surface area contributed by atoms with E-state index < -0.39 is 6.10 Å². The molecule has 1 aromatic heterocycles. The zero-order valence-electron chi connectivity index (χ0n) is 9.47. The molecule has 0 spiro atoms. The maximum absolute atomic E-state index is 9.40. The van der Waals surface area contributed by atoms with Gasteiger partial charge in [0.2, 0.25) is 0 Å². The number of hydrogen-bond donors (Lipinski definition) is 1. The molecule has 1 saturated carbocycles. The highest BCUT2D eigenvalue weighted by Gasteiger charge is 2.31. The van der Waals surface area contributed by atoms with Crippen molar-refractivity contribution in [2.75, 3.05) is 11.9 Å². The quantitative estimate of drug-likeness (QED) is 0.856. The summed E-state index contributed by atoms with van der Waals surface area (Å²) in [6.07, 6.45) is 2.24. The molecule has 1 fully saturated rings. The first-order chi connectivity index (χ1) is 7.09. The number of thiazole rings is 1. The number of nitrogens with zero attached hydrogens (tertiary/aromatic N) is 2. The molecule has 15 heavy (non-hydrogen) atoms. The Morgan fingerprint density at radius 1 is 1.53 bits per heavy atom. The summed E-state index contributed by atoms with van der Waals surface area (Å²) in [6, 6.07) is 0.568. The molecule has 0 amide bonds. The Balaban J connectivity index is 2.07. The molecule has 84 valence electrons. The van der Waals surface area contributed by atoms with Gasteiger partial charge in [-0.2, -0.15) is 0 Å². The monoisotopic (exact) mass is 226 g/mol. The van der Waals surface area contributed by atoms with Crippen LogP contribution in [-0.4, -0.2) is 23.2 Å². The lowest BCUT2D eigenvalue weighted by Crippen LogP contribution is -2.30. The van der Waals surface area contributed by atoms with E-state index in [2.05, 4.69) is 23.9 Å². The fourth-order valence-corrected chi connectivity index (χ4v) is 2.67. The summed E-state index contributed by atoms with van der Waals surface area (Å²) in [4.78, 5) is 6.67. The molecule has 0 aliphatic heterocycles. The first-order valence-corrected chi connectivity index (χ1v) is 6.34. The second-order valence-corrected chi connectivity index (χ2v) is 5.26. The van der Waals surface area contributed by atoms with E-state index >= 15 is 0 Å². The van der Waals surface area contributed by atoms with Crippen LogP contribution in [-0.2, 0) is 0 Å². The fraction of sp³-hybridized carbons (Fsp3) is 0.727. The van der Waals surface area contributed by atoms with Crippen molar-refractivity contribution in [1.82, 2.24) is 4.98 Å². The van der Waals surface area contributed by atoms with Crippen molar-refractivity contribution in [2.24, 2.45) is 5.92 Å². The van der Waals surface area contributed by atoms with Crippen molar-refractivity contribution in [3.05, 3.63) is 11.1 Å². The highest BCUT2D eigenvalue weighted by molar-refractivity contribution is 7.13. The number of hydrogen-bond acceptors (Lipinski definition) is 4. The van der Waals surface area contributed by atoms with Gasteiger partial charge in [0.15, 0.2) is 5.13 Å². The highest BCUT2D eigenvalue weighted by Crippen LogP contribution is 2.37. The van der Waals surface area contributed by atoms with Crippen LogP contribution >= 0.6 is 11.3 Å². The average molecular weight is 226 g/mol. The number of aromatic nitrogens is 1. The predicted molar refractivity (Wildman–Crippen MR) is 63.3 cm³/mol. The van der Waals surface area contributed by atoms with Gasteiger partial charge in [-0.05, 0) is 32.6 Å². The topological polar surface area (TPSA) is 36.4 Å². The number of anilines is 1. The maximum atomic E-state index is 9.40. The molecule has 0 bridgehead atoms. The predicted octanol–water partition coefficient (Wildman–Crippen LogP) is 2.43. The van der Waals surface area contributed by atoms with Crippen LogP contribution in [0.3, 0.4) is 0 Å². The Morgan fingerprint density at radius 2 is 2.20 bits per heavy atom. The Kier molecular flexibility index (Phi) is 2.98. The van der Waals surface area contributed by atoms with Crippen LogP contribution in [0.5, 0.6) is 0 Å². The van der Waals surface area contributed by atoms with Crippen LogP contribution < -0.4 is 4.90 Å². The molecule has 1 aliphatic rings. The molecular formula is C11H18N2OS. The summed E-state index contributed by atoms with van der Waals surface area (Å²) >= 11 is 1.61. The third-order valence-electron chi connectivity index (χ3n) is 3.15. The lowest BCUT2D eigenvalue weighted by atomic mass is 10.2. The lowest BCUT2D eigenvalue weighted by molar-refractivity contribution is 0.195. The van der Waals surface area contributed by atoms with Crippen molar-refractivity contribution in [2.45, 2.75) is 38.8 Å². The first kappa shape index (κ1) is 10.9. The molecule has 1 aliphatic carbocycles. The minimum absolute atomic E-state index is 0.459. The van der Waals surface area contributed by atoms with Crippen LogP contribution in [0.25, 0.3) is 0 Å². The number of rotatable bonds is 4. The van der Waals surface area contributed by atoms with Gasteiger partial charge in [0, 0.05) is 18.5 Å². The largest absolute Gasteiger partial charge is 0.387 e. The van der Waals surface area contributed by atoms with E-state index in [4.69, 9.17) is 0 Å². The number of aliphatic hydroxyl groups excluding tert-OH is 1. The van der Waals surface area contributed by atoms with Crippen LogP contribution in [0.15, 0.2) is 5.38 Å². The molecule has 1 heterocycles. The Labute approximate surface area is 94.8 Å². The van der Waals surface area contributed by atoms with E-state index in [0.717, 1.165) is 16.7 Å². The summed E-state index contributed by atoms with van der Waals surface area (Å²) in [7, 11) is 2.09. The summed E-state index contributed by atoms with van der Waals surface area (Å²) < 4.78 is 0. The number of aliphatic hydroxyl groups is 1. The summed E-state index contributed by atoms with van der Waals surface area (Å²) in [5.74, 6) is 0.842. The van der Waals surface area contributed by atoms with Gasteiger partial charge in [-0.1, -0.05) is 0 Å². The molecule has 2 atom stereocenters. The first-order valence-electron chi connectivity index (χ1n) is 5.46. The Hall–Kier alpha value is -0.610. The molecule has 1 aromatic rings. The third-order valence-corrected chi connectivity index (χ3v) is 4.10. The van der Waals surface area contributed by atoms with Crippen LogP contribution in [0.4, 0.5) is 5.13 Å². The van der Waals surface area contributed by atoms with E-state index in [1.165, 1.54) is 12.8 Å². The maximum Gasteiger partial charge on any atom is 0.185 e. The summed E-state index contributed by atoms with van der Waals surface area (Å²) in [5, 5.41) is 12.4. The van der Waals surface area contributed by atoms with E-state index in [9.17, 15) is 5.11 Å². The van der Waals surface area contributed by atoms with Crippen molar-refractivity contribution >= 4 is 16.5 Å².